The van der Waals surface area contributed by atoms with Crippen molar-refractivity contribution in [3.8, 4) is 0 Å². The molecule has 0 unspecified atom stereocenters. The molecular weight excluding hydrogens is 364 g/mol. The van der Waals surface area contributed by atoms with E-state index in [-0.39, 0.29) is 18.6 Å². The minimum atomic E-state index is -0.534. The highest BCUT2D eigenvalue weighted by atomic mass is 16.5. The number of hydrogen-bond acceptors (Lipinski definition) is 3. The smallest absolute Gasteiger partial charge is 0.340 e. The van der Waals surface area contributed by atoms with Gasteiger partial charge in [0, 0.05) is 17.1 Å². The molecule has 0 spiro atoms. The predicted octanol–water partition coefficient (Wildman–Crippen LogP) is 4.23. The van der Waals surface area contributed by atoms with E-state index in [0.717, 1.165) is 22.0 Å². The van der Waals surface area contributed by atoms with Crippen LogP contribution in [0.1, 0.15) is 27.5 Å². The predicted molar refractivity (Wildman–Crippen MR) is 111 cm³/mol. The van der Waals surface area contributed by atoms with Gasteiger partial charge >= 0.3 is 5.97 Å². The number of benzene rings is 3. The molecule has 3 aromatic carbocycles. The average molecular weight is 384 g/mol. The zero-order valence-corrected chi connectivity index (χ0v) is 15.7. The molecule has 0 radical (unpaired) electrons. The van der Waals surface area contributed by atoms with Crippen molar-refractivity contribution in [2.24, 2.45) is 0 Å². The van der Waals surface area contributed by atoms with Crippen molar-refractivity contribution >= 4 is 22.8 Å². The summed E-state index contributed by atoms with van der Waals surface area (Å²) in [5.41, 5.74) is 3.16. The zero-order valence-electron chi connectivity index (χ0n) is 15.7. The number of para-hydroxylation sites is 1. The topological polar surface area (TPSA) is 71.2 Å². The first kappa shape index (κ1) is 18.5. The maximum atomic E-state index is 12.5. The molecule has 0 saturated carbocycles. The second-order valence-corrected chi connectivity index (χ2v) is 6.65. The molecule has 29 heavy (non-hydrogen) atoms. The Hall–Kier alpha value is -3.86. The van der Waals surface area contributed by atoms with Crippen molar-refractivity contribution < 1.29 is 14.3 Å². The molecule has 0 saturated heterocycles. The summed E-state index contributed by atoms with van der Waals surface area (Å²) in [6, 6.07) is 26.5. The average Bonchev–Trinajstić information content (AvgIpc) is 3.21. The lowest BCUT2D eigenvalue weighted by Crippen LogP contribution is -2.33. The van der Waals surface area contributed by atoms with E-state index in [0.29, 0.717) is 5.56 Å². The van der Waals surface area contributed by atoms with Crippen LogP contribution in [0.25, 0.3) is 10.9 Å². The number of nitrogens with one attached hydrogen (secondary N) is 2. The maximum absolute atomic E-state index is 12.5. The number of esters is 1. The monoisotopic (exact) mass is 384 g/mol. The number of carbonyl (C=O) groups excluding carboxylic acids is 2. The van der Waals surface area contributed by atoms with E-state index in [9.17, 15) is 9.59 Å². The van der Waals surface area contributed by atoms with Crippen LogP contribution in [0.15, 0.2) is 91.1 Å². The summed E-state index contributed by atoms with van der Waals surface area (Å²) >= 11 is 0. The fourth-order valence-corrected chi connectivity index (χ4v) is 3.30. The lowest BCUT2D eigenvalue weighted by atomic mass is 9.99. The summed E-state index contributed by atoms with van der Waals surface area (Å²) in [6.45, 7) is -0.353. The van der Waals surface area contributed by atoms with E-state index in [4.69, 9.17) is 4.74 Å². The first-order chi connectivity index (χ1) is 14.2. The summed E-state index contributed by atoms with van der Waals surface area (Å²) < 4.78 is 5.26. The summed E-state index contributed by atoms with van der Waals surface area (Å²) in [5.74, 6) is -0.899. The second-order valence-electron chi connectivity index (χ2n) is 6.65. The third-order valence-corrected chi connectivity index (χ3v) is 4.71. The molecule has 1 heterocycles. The lowest BCUT2D eigenvalue weighted by Gasteiger charge is -2.19. The first-order valence-electron chi connectivity index (χ1n) is 9.35. The number of aromatic nitrogens is 1. The summed E-state index contributed by atoms with van der Waals surface area (Å²) in [6.07, 6.45) is 1.60. The van der Waals surface area contributed by atoms with Gasteiger partial charge in [-0.05, 0) is 17.2 Å². The molecule has 2 N–H and O–H groups in total. The minimum Gasteiger partial charge on any atom is -0.452 e. The largest absolute Gasteiger partial charge is 0.452 e. The van der Waals surface area contributed by atoms with Crippen LogP contribution in [-0.2, 0) is 9.53 Å². The molecule has 0 aliphatic heterocycles. The Morgan fingerprint density at radius 3 is 2.07 bits per heavy atom. The number of aromatic amines is 1. The van der Waals surface area contributed by atoms with Gasteiger partial charge in [0.05, 0.1) is 11.6 Å². The highest BCUT2D eigenvalue weighted by Crippen LogP contribution is 2.22. The zero-order chi connectivity index (χ0) is 20.1. The summed E-state index contributed by atoms with van der Waals surface area (Å²) in [7, 11) is 0. The molecule has 0 aliphatic carbocycles. The number of rotatable bonds is 6. The molecule has 1 aromatic heterocycles. The van der Waals surface area contributed by atoms with E-state index in [1.165, 1.54) is 0 Å². The van der Waals surface area contributed by atoms with E-state index in [1.54, 1.807) is 6.20 Å². The van der Waals surface area contributed by atoms with Gasteiger partial charge in [0.1, 0.15) is 0 Å². The Morgan fingerprint density at radius 1 is 0.828 bits per heavy atom. The van der Waals surface area contributed by atoms with Crippen LogP contribution in [-0.4, -0.2) is 23.5 Å². The molecule has 144 valence electrons. The molecule has 5 heteroatoms. The minimum absolute atomic E-state index is 0.323. The van der Waals surface area contributed by atoms with Crippen molar-refractivity contribution in [3.63, 3.8) is 0 Å². The third-order valence-electron chi connectivity index (χ3n) is 4.71. The number of carbonyl (C=O) groups is 2. The van der Waals surface area contributed by atoms with E-state index in [2.05, 4.69) is 10.3 Å². The van der Waals surface area contributed by atoms with Gasteiger partial charge in [-0.15, -0.1) is 0 Å². The molecule has 4 rings (SSSR count). The van der Waals surface area contributed by atoms with Crippen LogP contribution in [0.4, 0.5) is 0 Å². The van der Waals surface area contributed by atoms with Crippen LogP contribution in [0.5, 0.6) is 0 Å². The molecule has 0 atom stereocenters. The molecular formula is C24H20N2O3. The maximum Gasteiger partial charge on any atom is 0.340 e. The molecule has 0 bridgehead atoms. The summed E-state index contributed by atoms with van der Waals surface area (Å²) in [4.78, 5) is 28.0. The number of hydrogen-bond donors (Lipinski definition) is 2. The lowest BCUT2D eigenvalue weighted by molar-refractivity contribution is -0.124. The molecule has 0 fully saturated rings. The Labute approximate surface area is 168 Å². The number of amides is 1. The van der Waals surface area contributed by atoms with Gasteiger partial charge in [-0.2, -0.15) is 0 Å². The van der Waals surface area contributed by atoms with Gasteiger partial charge in [0.2, 0.25) is 0 Å². The van der Waals surface area contributed by atoms with E-state index >= 15 is 0 Å². The van der Waals surface area contributed by atoms with Crippen molar-refractivity contribution in [2.45, 2.75) is 6.04 Å². The van der Waals surface area contributed by atoms with Gasteiger partial charge in [-0.25, -0.2) is 4.79 Å². The Bertz CT molecular complexity index is 1080. The number of H-pyrrole nitrogens is 1. The van der Waals surface area contributed by atoms with E-state index in [1.807, 2.05) is 84.9 Å². The molecule has 5 nitrogen and oxygen atoms in total. The normalized spacial score (nSPS) is 10.8. The Morgan fingerprint density at radius 2 is 1.41 bits per heavy atom. The van der Waals surface area contributed by atoms with Crippen LogP contribution in [0.2, 0.25) is 0 Å². The Balaban J connectivity index is 1.45. The SMILES string of the molecule is O=C(COC(=O)c1c[nH]c2ccccc12)NC(c1ccccc1)c1ccccc1. The molecule has 1 amide bonds. The number of ether oxygens (including phenoxy) is 1. The quantitative estimate of drug-likeness (QED) is 0.489. The molecule has 0 aliphatic rings. The van der Waals surface area contributed by atoms with Gasteiger partial charge in [0.25, 0.3) is 5.91 Å². The molecule has 4 aromatic rings. The number of fused-ring (bicyclic) bond motifs is 1. The van der Waals surface area contributed by atoms with Crippen LogP contribution in [0.3, 0.4) is 0 Å². The van der Waals surface area contributed by atoms with Gasteiger partial charge in [-0.3, -0.25) is 4.79 Å². The van der Waals surface area contributed by atoms with Crippen molar-refractivity contribution in [1.82, 2.24) is 10.3 Å². The van der Waals surface area contributed by atoms with Crippen molar-refractivity contribution in [3.05, 3.63) is 108 Å². The standard InChI is InChI=1S/C24H20N2O3/c27-22(16-29-24(28)20-15-25-21-14-8-7-13-19(20)21)26-23(17-9-3-1-4-10-17)18-11-5-2-6-12-18/h1-15,23,25H,16H2,(H,26,27). The van der Waals surface area contributed by atoms with Crippen LogP contribution < -0.4 is 5.32 Å². The van der Waals surface area contributed by atoms with Gasteiger partial charge in [0.15, 0.2) is 6.61 Å². The Kier molecular flexibility index (Phi) is 5.38. The summed E-state index contributed by atoms with van der Waals surface area (Å²) in [5, 5.41) is 3.73. The third kappa shape index (κ3) is 4.19. The first-order valence-corrected chi connectivity index (χ1v) is 9.35. The highest BCUT2D eigenvalue weighted by Gasteiger charge is 2.19. The van der Waals surface area contributed by atoms with Crippen LogP contribution in [0, 0.1) is 0 Å². The van der Waals surface area contributed by atoms with Crippen molar-refractivity contribution in [2.75, 3.05) is 6.61 Å². The fraction of sp³-hybridized carbons (Fsp3) is 0.0833. The fourth-order valence-electron chi connectivity index (χ4n) is 3.30. The second kappa shape index (κ2) is 8.44. The van der Waals surface area contributed by atoms with Crippen molar-refractivity contribution in [1.29, 1.82) is 0 Å². The highest BCUT2D eigenvalue weighted by molar-refractivity contribution is 6.04. The van der Waals surface area contributed by atoms with Gasteiger partial charge < -0.3 is 15.0 Å². The van der Waals surface area contributed by atoms with E-state index < -0.39 is 5.97 Å². The van der Waals surface area contributed by atoms with Crippen LogP contribution >= 0.6 is 0 Å². The van der Waals surface area contributed by atoms with Gasteiger partial charge in [-0.1, -0.05) is 78.9 Å².